The van der Waals surface area contributed by atoms with Gasteiger partial charge in [-0.25, -0.2) is 4.79 Å². The van der Waals surface area contributed by atoms with Gasteiger partial charge >= 0.3 is 26.8 Å². The molecule has 5 nitrogen and oxygen atoms in total. The van der Waals surface area contributed by atoms with Crippen molar-refractivity contribution in [3.05, 3.63) is 137 Å². The minimum Gasteiger partial charge on any atom is -0.762 e. The normalized spacial score (nSPS) is 10.3. The number of aromatic nitrogens is 4. The molecule has 0 fully saturated rings. The van der Waals surface area contributed by atoms with Crippen molar-refractivity contribution >= 4 is 62.7 Å². The van der Waals surface area contributed by atoms with Crippen molar-refractivity contribution in [2.75, 3.05) is 0 Å². The number of rotatable bonds is 4. The molecule has 0 amide bonds. The molecule has 4 aromatic carbocycles. The molecule has 0 aliphatic heterocycles. The van der Waals surface area contributed by atoms with Crippen LogP contribution in [0.15, 0.2) is 146 Å². The van der Waals surface area contributed by atoms with Crippen LogP contribution in [0.4, 0.5) is 0 Å². The van der Waals surface area contributed by atoms with Gasteiger partial charge in [-0.05, 0) is 60.7 Å². The molecule has 0 unspecified atom stereocenters. The van der Waals surface area contributed by atoms with E-state index in [1.807, 2.05) is 130 Å². The zero-order valence-corrected chi connectivity index (χ0v) is 27.5. The largest absolute Gasteiger partial charge is 4.00 e. The van der Waals surface area contributed by atoms with E-state index in [2.05, 4.69) is 0 Å². The van der Waals surface area contributed by atoms with Gasteiger partial charge in [0, 0.05) is 22.7 Å². The van der Waals surface area contributed by atoms with Crippen molar-refractivity contribution in [2.24, 2.45) is 0 Å². The molecule has 2 heterocycles. The van der Waals surface area contributed by atoms with Gasteiger partial charge in [0.2, 0.25) is 0 Å². The quantitative estimate of drug-likeness (QED) is 0.155. The molecule has 0 saturated heterocycles. The van der Waals surface area contributed by atoms with Crippen molar-refractivity contribution < 1.29 is 21.1 Å². The van der Waals surface area contributed by atoms with E-state index in [1.54, 1.807) is 0 Å². The first kappa shape index (κ1) is 30.8. The molecule has 6 aromatic rings. The summed E-state index contributed by atoms with van der Waals surface area (Å²) in [6, 6.07) is 38.2. The number of para-hydroxylation sites is 4. The molecule has 0 aliphatic rings. The molecule has 41 heavy (non-hydrogen) atoms. The number of hydrogen-bond donors (Lipinski definition) is 0. The van der Waals surface area contributed by atoms with Crippen molar-refractivity contribution in [3.8, 4) is 22.7 Å². The summed E-state index contributed by atoms with van der Waals surface area (Å²) in [5.41, 5.74) is 3.08. The van der Waals surface area contributed by atoms with E-state index in [9.17, 15) is 4.79 Å². The first-order valence-electron chi connectivity index (χ1n) is 12.1. The van der Waals surface area contributed by atoms with Crippen LogP contribution in [0.3, 0.4) is 0 Å². The van der Waals surface area contributed by atoms with Crippen LogP contribution in [0.2, 0.25) is 0 Å². The molecule has 0 bridgehead atoms. The average Bonchev–Trinajstić information content (AvgIpc) is 3.36. The Balaban J connectivity index is 0.000000184. The fourth-order valence-corrected chi connectivity index (χ4v) is 5.77. The second-order valence-corrected chi connectivity index (χ2v) is 10.4. The Bertz CT molecular complexity index is 1600. The van der Waals surface area contributed by atoms with Gasteiger partial charge in [-0.3, -0.25) is 9.13 Å². The first-order valence-corrected chi connectivity index (χ1v) is 14.1. The number of imidazole rings is 2. The van der Waals surface area contributed by atoms with Gasteiger partial charge in [0.25, 0.3) is 0 Å². The molecule has 206 valence electrons. The predicted molar refractivity (Wildman–Crippen MR) is 170 cm³/mol. The minimum atomic E-state index is -0.239. The zero-order chi connectivity index (χ0) is 28.2. The van der Waals surface area contributed by atoms with Crippen LogP contribution in [0.5, 0.6) is 0 Å². The first-order chi connectivity index (χ1) is 19.4. The van der Waals surface area contributed by atoms with E-state index < -0.39 is 0 Å². The van der Waals surface area contributed by atoms with E-state index in [0.717, 1.165) is 22.7 Å². The fraction of sp³-hybridized carbons (Fsp3) is 0. The molecule has 6 rings (SSSR count). The van der Waals surface area contributed by atoms with Crippen LogP contribution in [0.1, 0.15) is 0 Å². The molecule has 2 aromatic heterocycles. The maximum Gasteiger partial charge on any atom is 4.00 e. The van der Waals surface area contributed by atoms with E-state index in [4.69, 9.17) is 62.7 Å². The summed E-state index contributed by atoms with van der Waals surface area (Å²) in [4.78, 5) is 12.6. The number of nitrogens with zero attached hydrogens (tertiary/aromatic N) is 4. The van der Waals surface area contributed by atoms with Gasteiger partial charge < -0.3 is 59.6 Å². The third-order valence-electron chi connectivity index (χ3n) is 6.00. The van der Waals surface area contributed by atoms with Gasteiger partial charge in [-0.2, -0.15) is 0 Å². The van der Waals surface area contributed by atoms with Crippen LogP contribution in [0, 0.1) is 4.77 Å². The van der Waals surface area contributed by atoms with Gasteiger partial charge in [-0.15, -0.1) is 10.1 Å². The summed E-state index contributed by atoms with van der Waals surface area (Å²) in [7, 11) is 0. The Kier molecular flexibility index (Phi) is 10.3. The van der Waals surface area contributed by atoms with Gasteiger partial charge in [0.1, 0.15) is 0 Å². The van der Waals surface area contributed by atoms with Crippen LogP contribution in [-0.2, 0) is 71.6 Å². The van der Waals surface area contributed by atoms with E-state index >= 15 is 0 Å². The third kappa shape index (κ3) is 6.23. The summed E-state index contributed by atoms with van der Waals surface area (Å²) in [6.07, 6.45) is 0. The van der Waals surface area contributed by atoms with Crippen LogP contribution in [0.25, 0.3) is 22.7 Å². The fourth-order valence-electron chi connectivity index (χ4n) is 4.15. The molecule has 0 spiro atoms. The van der Waals surface area contributed by atoms with E-state index in [1.165, 1.54) is 9.13 Å². The Morgan fingerprint density at radius 3 is 0.902 bits per heavy atom. The Morgan fingerprint density at radius 2 is 0.634 bits per heavy atom. The molecular weight excluding hydrogens is 788 g/mol. The van der Waals surface area contributed by atoms with Crippen molar-refractivity contribution in [1.29, 1.82) is 0 Å². The van der Waals surface area contributed by atoms with E-state index in [-0.39, 0.29) is 26.8 Å². The number of hydrogen-bond acceptors (Lipinski definition) is 6. The smallest absolute Gasteiger partial charge is 0.762 e. The molecule has 0 radical (unpaired) electrons. The monoisotopic (exact) mass is 807 g/mol. The summed E-state index contributed by atoms with van der Waals surface area (Å²) < 4.78 is 7.19. The topological polar surface area (TPSA) is 36.8 Å². The Morgan fingerprint density at radius 1 is 0.415 bits per heavy atom. The summed E-state index contributed by atoms with van der Waals surface area (Å²) in [6.45, 7) is 0. The standard InChI is InChI=1S/C15H12N2OS2.C15H12N2S3.Pt/c18-15-16(11-7-3-1-4-8-11)13(19)14(20)17(15)12-9-5-2-6-10-12;18-13-14(19)17(12-9-5-2-6-10-12)15(20)16(13)11-7-3-1-4-8-11;/h1-10,19-20H;1-10,18-19H;/q;;+4/p-4. The average molecular weight is 808 g/mol. The van der Waals surface area contributed by atoms with Crippen molar-refractivity contribution in [2.45, 2.75) is 20.1 Å². The SMILES string of the molecule is O=c1n(-c2ccccc2)c([S-])c([S-])n1-c1ccccc1.S=c1n(-c2ccccc2)c([S-])c([S-])n1-c1ccccc1.[Pt+4]. The molecule has 0 aliphatic carbocycles. The maximum absolute atomic E-state index is 12.6. The minimum absolute atomic E-state index is 0. The third-order valence-corrected chi connectivity index (χ3v) is 8.13. The molecule has 0 saturated carbocycles. The maximum atomic E-state index is 12.6. The van der Waals surface area contributed by atoms with Crippen molar-refractivity contribution in [3.63, 3.8) is 0 Å². The summed E-state index contributed by atoms with van der Waals surface area (Å²) in [5, 5.41) is 1.86. The van der Waals surface area contributed by atoms with Gasteiger partial charge in [0.05, 0.1) is 0 Å². The molecule has 11 heteroatoms. The van der Waals surface area contributed by atoms with Crippen LogP contribution in [-0.4, -0.2) is 18.3 Å². The van der Waals surface area contributed by atoms with Crippen LogP contribution < -0.4 is 5.69 Å². The molecule has 0 atom stereocenters. The molecule has 0 N–H and O–H groups in total. The second-order valence-electron chi connectivity index (χ2n) is 8.47. The summed E-state index contributed by atoms with van der Waals surface area (Å²) in [5.74, 6) is 0. The van der Waals surface area contributed by atoms with Gasteiger partial charge in [0.15, 0.2) is 4.77 Å². The van der Waals surface area contributed by atoms with Crippen molar-refractivity contribution in [1.82, 2.24) is 18.3 Å². The Labute approximate surface area is 279 Å². The number of benzene rings is 4. The summed E-state index contributed by atoms with van der Waals surface area (Å²) >= 11 is 27.1. The van der Waals surface area contributed by atoms with E-state index in [0.29, 0.717) is 24.9 Å². The Hall–Kier alpha value is -3.11. The molecular formula is C30H20N4OPtS5. The van der Waals surface area contributed by atoms with Crippen LogP contribution >= 0.6 is 12.2 Å². The zero-order valence-electron chi connectivity index (χ0n) is 21.1. The predicted octanol–water partition coefficient (Wildman–Crippen LogP) is 6.25. The van der Waals surface area contributed by atoms with Gasteiger partial charge in [-0.1, -0.05) is 82.8 Å². The second kappa shape index (κ2) is 13.7.